The molecule has 6 heteroatoms. The first kappa shape index (κ1) is 13.1. The number of aromatic nitrogens is 2. The zero-order valence-electron chi connectivity index (χ0n) is 12.1. The Bertz CT molecular complexity index is 506. The molecular weight excluding hydrogens is 254 g/mol. The van der Waals surface area contributed by atoms with Gasteiger partial charge in [-0.2, -0.15) is 0 Å². The Kier molecular flexibility index (Phi) is 3.46. The van der Waals surface area contributed by atoms with Gasteiger partial charge in [-0.05, 0) is 19.8 Å². The second-order valence-corrected chi connectivity index (χ2v) is 5.57. The molecule has 1 saturated heterocycles. The maximum Gasteiger partial charge on any atom is 0.219 e. The molecule has 20 heavy (non-hydrogen) atoms. The summed E-state index contributed by atoms with van der Waals surface area (Å²) in [7, 11) is 0. The Morgan fingerprint density at radius 2 is 1.95 bits per heavy atom. The molecule has 1 amide bonds. The van der Waals surface area contributed by atoms with Crippen molar-refractivity contribution in [3.63, 3.8) is 0 Å². The Morgan fingerprint density at radius 3 is 2.55 bits per heavy atom. The van der Waals surface area contributed by atoms with Crippen LogP contribution in [0.2, 0.25) is 0 Å². The van der Waals surface area contributed by atoms with E-state index in [4.69, 9.17) is 0 Å². The molecule has 1 aliphatic carbocycles. The van der Waals surface area contributed by atoms with E-state index in [-0.39, 0.29) is 5.91 Å². The first-order valence-corrected chi connectivity index (χ1v) is 7.24. The Balaban J connectivity index is 1.70. The molecule has 6 nitrogen and oxygen atoms in total. The van der Waals surface area contributed by atoms with Crippen LogP contribution in [-0.2, 0) is 4.79 Å². The summed E-state index contributed by atoms with van der Waals surface area (Å²) in [5.74, 6) is 2.83. The van der Waals surface area contributed by atoms with Crippen LogP contribution in [0.3, 0.4) is 0 Å². The van der Waals surface area contributed by atoms with Gasteiger partial charge in [-0.25, -0.2) is 9.97 Å². The van der Waals surface area contributed by atoms with Crippen molar-refractivity contribution in [3.05, 3.63) is 11.9 Å². The van der Waals surface area contributed by atoms with E-state index in [2.05, 4.69) is 20.2 Å². The van der Waals surface area contributed by atoms with Crippen molar-refractivity contribution in [1.29, 1.82) is 0 Å². The van der Waals surface area contributed by atoms with Gasteiger partial charge in [0.1, 0.15) is 17.5 Å². The van der Waals surface area contributed by atoms with Crippen LogP contribution in [0, 0.1) is 6.92 Å². The van der Waals surface area contributed by atoms with E-state index in [1.807, 2.05) is 17.9 Å². The number of nitrogens with zero attached hydrogens (tertiary/aromatic N) is 4. The fraction of sp³-hybridized carbons (Fsp3) is 0.643. The van der Waals surface area contributed by atoms with Crippen molar-refractivity contribution < 1.29 is 4.79 Å². The van der Waals surface area contributed by atoms with Gasteiger partial charge in [-0.15, -0.1) is 0 Å². The van der Waals surface area contributed by atoms with Crippen LogP contribution in [0.15, 0.2) is 6.07 Å². The minimum absolute atomic E-state index is 0.152. The lowest BCUT2D eigenvalue weighted by Crippen LogP contribution is -2.48. The molecule has 108 valence electrons. The van der Waals surface area contributed by atoms with E-state index in [9.17, 15) is 4.79 Å². The highest BCUT2D eigenvalue weighted by molar-refractivity contribution is 5.73. The minimum Gasteiger partial charge on any atom is -0.367 e. The van der Waals surface area contributed by atoms with Gasteiger partial charge in [0.15, 0.2) is 0 Å². The van der Waals surface area contributed by atoms with Gasteiger partial charge < -0.3 is 15.1 Å². The summed E-state index contributed by atoms with van der Waals surface area (Å²) in [5, 5.41) is 3.42. The number of carbonyl (C=O) groups is 1. The van der Waals surface area contributed by atoms with E-state index in [1.54, 1.807) is 6.92 Å². The van der Waals surface area contributed by atoms with Crippen LogP contribution in [-0.4, -0.2) is 53.0 Å². The molecule has 1 aromatic rings. The van der Waals surface area contributed by atoms with Crippen molar-refractivity contribution >= 4 is 17.5 Å². The summed E-state index contributed by atoms with van der Waals surface area (Å²) in [6.45, 7) is 6.75. The maximum atomic E-state index is 11.4. The number of piperazine rings is 1. The third-order valence-corrected chi connectivity index (χ3v) is 3.80. The zero-order valence-corrected chi connectivity index (χ0v) is 12.1. The summed E-state index contributed by atoms with van der Waals surface area (Å²) < 4.78 is 0. The first-order chi connectivity index (χ1) is 9.61. The van der Waals surface area contributed by atoms with E-state index < -0.39 is 0 Å². The van der Waals surface area contributed by atoms with Gasteiger partial charge in [0.2, 0.25) is 5.91 Å². The highest BCUT2D eigenvalue weighted by atomic mass is 16.2. The summed E-state index contributed by atoms with van der Waals surface area (Å²) in [4.78, 5) is 24.4. The highest BCUT2D eigenvalue weighted by Gasteiger charge is 2.23. The SMILES string of the molecule is CC(=O)N1CCN(c2cc(NC3CC3)nc(C)n2)CC1. The summed E-state index contributed by atoms with van der Waals surface area (Å²) in [6.07, 6.45) is 2.46. The van der Waals surface area contributed by atoms with Gasteiger partial charge in [-0.1, -0.05) is 0 Å². The van der Waals surface area contributed by atoms with E-state index in [0.717, 1.165) is 43.6 Å². The normalized spacial score (nSPS) is 19.1. The number of carbonyl (C=O) groups excluding carboxylic acids is 1. The van der Waals surface area contributed by atoms with Crippen LogP contribution in [0.1, 0.15) is 25.6 Å². The summed E-state index contributed by atoms with van der Waals surface area (Å²) in [6, 6.07) is 2.61. The second-order valence-electron chi connectivity index (χ2n) is 5.57. The molecule has 0 radical (unpaired) electrons. The predicted octanol–water partition coefficient (Wildman–Crippen LogP) is 1.03. The fourth-order valence-electron chi connectivity index (χ4n) is 2.48. The van der Waals surface area contributed by atoms with Crippen molar-refractivity contribution in [2.75, 3.05) is 36.4 Å². The molecule has 2 fully saturated rings. The molecule has 3 rings (SSSR count). The molecule has 1 aromatic heterocycles. The van der Waals surface area contributed by atoms with Crippen LogP contribution in [0.25, 0.3) is 0 Å². The summed E-state index contributed by atoms with van der Waals surface area (Å²) >= 11 is 0. The van der Waals surface area contributed by atoms with Crippen molar-refractivity contribution in [2.45, 2.75) is 32.7 Å². The molecule has 0 atom stereocenters. The standard InChI is InChI=1S/C14H21N5O/c1-10-15-13(17-12-3-4-12)9-14(16-10)19-7-5-18(6-8-19)11(2)20/h9,12H,3-8H2,1-2H3,(H,15,16,17). The number of rotatable bonds is 3. The topological polar surface area (TPSA) is 61.4 Å². The van der Waals surface area contributed by atoms with Crippen LogP contribution in [0.4, 0.5) is 11.6 Å². The first-order valence-electron chi connectivity index (χ1n) is 7.24. The molecule has 0 aromatic carbocycles. The van der Waals surface area contributed by atoms with Gasteiger partial charge in [-0.3, -0.25) is 4.79 Å². The molecule has 0 unspecified atom stereocenters. The zero-order chi connectivity index (χ0) is 14.1. The van der Waals surface area contributed by atoms with Gasteiger partial charge >= 0.3 is 0 Å². The predicted molar refractivity (Wildman–Crippen MR) is 77.9 cm³/mol. The molecule has 0 spiro atoms. The molecule has 2 aliphatic rings. The number of hydrogen-bond acceptors (Lipinski definition) is 5. The molecule has 1 saturated carbocycles. The number of hydrogen-bond donors (Lipinski definition) is 1. The molecule has 1 aliphatic heterocycles. The fourth-order valence-corrected chi connectivity index (χ4v) is 2.48. The second kappa shape index (κ2) is 5.26. The van der Waals surface area contributed by atoms with Crippen molar-refractivity contribution in [3.8, 4) is 0 Å². The average Bonchev–Trinajstić information content (AvgIpc) is 3.22. The third kappa shape index (κ3) is 3.00. The van der Waals surface area contributed by atoms with Gasteiger partial charge in [0, 0.05) is 45.2 Å². The largest absolute Gasteiger partial charge is 0.367 e. The minimum atomic E-state index is 0.152. The molecular formula is C14H21N5O. The quantitative estimate of drug-likeness (QED) is 0.892. The Morgan fingerprint density at radius 1 is 1.25 bits per heavy atom. The Labute approximate surface area is 119 Å². The number of aryl methyl sites for hydroxylation is 1. The van der Waals surface area contributed by atoms with Crippen LogP contribution >= 0.6 is 0 Å². The Hall–Kier alpha value is -1.85. The maximum absolute atomic E-state index is 11.4. The number of amides is 1. The van der Waals surface area contributed by atoms with Crippen molar-refractivity contribution in [1.82, 2.24) is 14.9 Å². The number of anilines is 2. The molecule has 1 N–H and O–H groups in total. The van der Waals surface area contributed by atoms with Gasteiger partial charge in [0.05, 0.1) is 0 Å². The van der Waals surface area contributed by atoms with Crippen molar-refractivity contribution in [2.24, 2.45) is 0 Å². The van der Waals surface area contributed by atoms with Crippen LogP contribution in [0.5, 0.6) is 0 Å². The van der Waals surface area contributed by atoms with E-state index in [1.165, 1.54) is 12.8 Å². The third-order valence-electron chi connectivity index (χ3n) is 3.80. The van der Waals surface area contributed by atoms with Crippen LogP contribution < -0.4 is 10.2 Å². The monoisotopic (exact) mass is 275 g/mol. The number of nitrogens with one attached hydrogen (secondary N) is 1. The molecule has 2 heterocycles. The average molecular weight is 275 g/mol. The van der Waals surface area contributed by atoms with Gasteiger partial charge in [0.25, 0.3) is 0 Å². The smallest absolute Gasteiger partial charge is 0.219 e. The van der Waals surface area contributed by atoms with E-state index >= 15 is 0 Å². The lowest BCUT2D eigenvalue weighted by atomic mass is 10.3. The van der Waals surface area contributed by atoms with E-state index in [0.29, 0.717) is 6.04 Å². The molecule has 0 bridgehead atoms. The highest BCUT2D eigenvalue weighted by Crippen LogP contribution is 2.25. The lowest BCUT2D eigenvalue weighted by Gasteiger charge is -2.35. The summed E-state index contributed by atoms with van der Waals surface area (Å²) in [5.41, 5.74) is 0. The lowest BCUT2D eigenvalue weighted by molar-refractivity contribution is -0.129.